The van der Waals surface area contributed by atoms with E-state index in [9.17, 15) is 19.2 Å². The highest BCUT2D eigenvalue weighted by Gasteiger charge is 2.63. The summed E-state index contributed by atoms with van der Waals surface area (Å²) < 4.78 is 28.5. The normalized spacial score (nSPS) is 19.5. The van der Waals surface area contributed by atoms with Gasteiger partial charge in [0.2, 0.25) is 29.0 Å². The summed E-state index contributed by atoms with van der Waals surface area (Å²) >= 11 is 6.54. The van der Waals surface area contributed by atoms with Crippen molar-refractivity contribution in [2.75, 3.05) is 21.3 Å². The number of amides is 2. The first-order valence-corrected chi connectivity index (χ1v) is 13.5. The van der Waals surface area contributed by atoms with Gasteiger partial charge < -0.3 is 34.4 Å². The lowest BCUT2D eigenvalue weighted by Crippen LogP contribution is -2.56. The smallest absolute Gasteiger partial charge is 0.239 e. The number of nitrogens with one attached hydrogen (secondary N) is 1. The lowest BCUT2D eigenvalue weighted by atomic mass is 9.70. The van der Waals surface area contributed by atoms with Gasteiger partial charge in [0.15, 0.2) is 5.75 Å². The third-order valence-electron chi connectivity index (χ3n) is 7.74. The van der Waals surface area contributed by atoms with E-state index in [1.807, 2.05) is 0 Å². The van der Waals surface area contributed by atoms with E-state index in [1.54, 1.807) is 31.2 Å². The lowest BCUT2D eigenvalue weighted by Gasteiger charge is -2.35. The van der Waals surface area contributed by atoms with Crippen molar-refractivity contribution in [3.63, 3.8) is 0 Å². The quantitative estimate of drug-likeness (QED) is 0.371. The van der Waals surface area contributed by atoms with E-state index in [1.165, 1.54) is 34.3 Å². The molecule has 0 saturated heterocycles. The number of rotatable bonds is 8. The van der Waals surface area contributed by atoms with E-state index in [2.05, 4.69) is 5.32 Å². The number of furan rings is 1. The van der Waals surface area contributed by atoms with Crippen molar-refractivity contribution in [1.82, 2.24) is 5.32 Å². The molecule has 3 N–H and O–H groups in total. The standard InChI is InChI=1S/C30H29ClN2O9/c1-13-10-19-22(27(35)30(13)28(36)23-18(39-4)12-20(40-5)24(31)26(23)42-30)17(11-21(34)33-14(2)29(32)37)25(41-19)15-6-8-16(38-3)9-7-15/h6-9,12-14H,10-11H2,1-5H3,(H2,32,37)(H,33,34). The number of fused-ring (bicyclic) bond motifs is 2. The van der Waals surface area contributed by atoms with E-state index in [0.29, 0.717) is 17.1 Å². The maximum Gasteiger partial charge on any atom is 0.239 e. The molecule has 1 spiro atoms. The number of Topliss-reactive ketones (excluding diaryl/α,β-unsaturated/α-hetero) is 2. The molecule has 1 aromatic heterocycles. The van der Waals surface area contributed by atoms with Crippen LogP contribution in [0.2, 0.25) is 5.02 Å². The summed E-state index contributed by atoms with van der Waals surface area (Å²) in [6.07, 6.45) is -0.201. The largest absolute Gasteiger partial charge is 0.497 e. The zero-order valence-electron chi connectivity index (χ0n) is 23.6. The van der Waals surface area contributed by atoms with E-state index in [4.69, 9.17) is 40.7 Å². The van der Waals surface area contributed by atoms with Crippen LogP contribution in [0.25, 0.3) is 11.3 Å². The first-order chi connectivity index (χ1) is 20.0. The summed E-state index contributed by atoms with van der Waals surface area (Å²) in [7, 11) is 4.32. The number of hydrogen-bond donors (Lipinski definition) is 2. The first kappa shape index (κ1) is 29.0. The summed E-state index contributed by atoms with van der Waals surface area (Å²) in [5, 5.41) is 2.56. The van der Waals surface area contributed by atoms with Gasteiger partial charge in [0.05, 0.1) is 33.3 Å². The Labute approximate surface area is 246 Å². The zero-order chi connectivity index (χ0) is 30.5. The van der Waals surface area contributed by atoms with Gasteiger partial charge in [-0.1, -0.05) is 18.5 Å². The highest BCUT2D eigenvalue weighted by molar-refractivity contribution is 6.36. The van der Waals surface area contributed by atoms with Gasteiger partial charge >= 0.3 is 0 Å². The Kier molecular flexibility index (Phi) is 7.40. The van der Waals surface area contributed by atoms with Gasteiger partial charge in [-0.05, 0) is 31.2 Å². The average molecular weight is 597 g/mol. The monoisotopic (exact) mass is 596 g/mol. The molecule has 42 heavy (non-hydrogen) atoms. The van der Waals surface area contributed by atoms with Gasteiger partial charge in [0, 0.05) is 29.5 Å². The third kappa shape index (κ3) is 4.35. The van der Waals surface area contributed by atoms with E-state index >= 15 is 0 Å². The molecule has 1 aliphatic heterocycles. The highest BCUT2D eigenvalue weighted by atomic mass is 35.5. The van der Waals surface area contributed by atoms with Crippen molar-refractivity contribution in [3.05, 3.63) is 57.8 Å². The predicted octanol–water partition coefficient (Wildman–Crippen LogP) is 3.55. The second-order valence-electron chi connectivity index (χ2n) is 10.2. The second kappa shape index (κ2) is 10.7. The van der Waals surface area contributed by atoms with Crippen LogP contribution in [0.4, 0.5) is 0 Å². The Hall–Kier alpha value is -4.51. The minimum absolute atomic E-state index is 0.0186. The zero-order valence-corrected chi connectivity index (χ0v) is 24.3. The number of ether oxygens (including phenoxy) is 4. The molecular weight excluding hydrogens is 568 g/mol. The number of carbonyl (C=O) groups excluding carboxylic acids is 4. The fourth-order valence-corrected chi connectivity index (χ4v) is 5.76. The summed E-state index contributed by atoms with van der Waals surface area (Å²) in [5.41, 5.74) is 4.23. The number of carbonyl (C=O) groups is 4. The maximum atomic E-state index is 14.5. The Bertz CT molecular complexity index is 1630. The molecule has 220 valence electrons. The SMILES string of the molecule is COc1ccc(-c2oc3c(c2CC(=O)NC(C)C(N)=O)C(=O)C2(Oc4c(Cl)c(OC)cc(OC)c4C2=O)C(C)C3)cc1. The fourth-order valence-electron chi connectivity index (χ4n) is 5.50. The maximum absolute atomic E-state index is 14.5. The lowest BCUT2D eigenvalue weighted by molar-refractivity contribution is -0.126. The van der Waals surface area contributed by atoms with E-state index in [0.717, 1.165) is 0 Å². The van der Waals surface area contributed by atoms with Gasteiger partial charge in [-0.25, -0.2) is 0 Å². The minimum Gasteiger partial charge on any atom is -0.497 e. The van der Waals surface area contributed by atoms with Gasteiger partial charge in [-0.15, -0.1) is 0 Å². The number of ketones is 2. The number of primary amides is 1. The van der Waals surface area contributed by atoms with E-state index < -0.39 is 40.9 Å². The summed E-state index contributed by atoms with van der Waals surface area (Å²) in [6.45, 7) is 3.16. The second-order valence-corrected chi connectivity index (χ2v) is 10.6. The minimum atomic E-state index is -1.99. The molecule has 11 nitrogen and oxygen atoms in total. The van der Waals surface area contributed by atoms with Crippen molar-refractivity contribution >= 4 is 35.0 Å². The topological polar surface area (TPSA) is 156 Å². The summed E-state index contributed by atoms with van der Waals surface area (Å²) in [4.78, 5) is 53.3. The van der Waals surface area contributed by atoms with E-state index in [-0.39, 0.29) is 57.6 Å². The average Bonchev–Trinajstić information content (AvgIpc) is 3.48. The van der Waals surface area contributed by atoms with Crippen LogP contribution in [0.3, 0.4) is 0 Å². The van der Waals surface area contributed by atoms with Gasteiger partial charge in [0.25, 0.3) is 0 Å². The molecule has 1 aliphatic carbocycles. The molecule has 3 aromatic rings. The molecule has 5 rings (SSSR count). The molecule has 12 heteroatoms. The van der Waals surface area contributed by atoms with Crippen molar-refractivity contribution < 1.29 is 42.5 Å². The van der Waals surface area contributed by atoms with Crippen LogP contribution in [0, 0.1) is 5.92 Å². The molecule has 3 unspecified atom stereocenters. The molecule has 0 fully saturated rings. The molecule has 2 aliphatic rings. The van der Waals surface area contributed by atoms with Crippen molar-refractivity contribution in [3.8, 4) is 34.3 Å². The third-order valence-corrected chi connectivity index (χ3v) is 8.10. The molecule has 2 aromatic carbocycles. The van der Waals surface area contributed by atoms with Crippen LogP contribution < -0.4 is 30.0 Å². The number of halogens is 1. The number of nitrogens with two attached hydrogens (primary N) is 1. The van der Waals surface area contributed by atoms with Crippen LogP contribution >= 0.6 is 11.6 Å². The summed E-state index contributed by atoms with van der Waals surface area (Å²) in [6, 6.07) is 7.38. The van der Waals surface area contributed by atoms with Crippen molar-refractivity contribution in [2.24, 2.45) is 11.7 Å². The fraction of sp³-hybridized carbons (Fsp3) is 0.333. The molecule has 0 radical (unpaired) electrons. The van der Waals surface area contributed by atoms with Crippen LogP contribution in [0.1, 0.15) is 45.9 Å². The van der Waals surface area contributed by atoms with Crippen LogP contribution in [-0.4, -0.2) is 56.4 Å². The van der Waals surface area contributed by atoms with Gasteiger partial charge in [-0.2, -0.15) is 0 Å². The molecule has 0 saturated carbocycles. The Balaban J connectivity index is 1.66. The highest BCUT2D eigenvalue weighted by Crippen LogP contribution is 2.54. The van der Waals surface area contributed by atoms with Crippen LogP contribution in [-0.2, 0) is 22.4 Å². The first-order valence-electron chi connectivity index (χ1n) is 13.1. The predicted molar refractivity (Wildman–Crippen MR) is 151 cm³/mol. The molecule has 3 atom stereocenters. The van der Waals surface area contributed by atoms with Crippen molar-refractivity contribution in [2.45, 2.75) is 38.3 Å². The molecule has 2 amide bonds. The number of methoxy groups -OCH3 is 3. The molecular formula is C30H29ClN2O9. The number of hydrogen-bond acceptors (Lipinski definition) is 9. The Morgan fingerprint density at radius 1 is 1.07 bits per heavy atom. The van der Waals surface area contributed by atoms with Crippen molar-refractivity contribution in [1.29, 1.82) is 0 Å². The van der Waals surface area contributed by atoms with Crippen LogP contribution in [0.5, 0.6) is 23.0 Å². The Morgan fingerprint density at radius 2 is 1.71 bits per heavy atom. The molecule has 0 bridgehead atoms. The van der Waals surface area contributed by atoms with Gasteiger partial charge in [-0.3, -0.25) is 19.2 Å². The summed E-state index contributed by atoms with van der Waals surface area (Å²) in [5.74, 6) is -1.78. The van der Waals surface area contributed by atoms with Crippen LogP contribution in [0.15, 0.2) is 34.7 Å². The Morgan fingerprint density at radius 3 is 2.31 bits per heavy atom. The van der Waals surface area contributed by atoms with Gasteiger partial charge in [0.1, 0.15) is 45.4 Å². The number of benzene rings is 2. The molecule has 2 heterocycles.